The van der Waals surface area contributed by atoms with Gasteiger partial charge in [-0.1, -0.05) is 66.4 Å². The van der Waals surface area contributed by atoms with Crippen LogP contribution in [0, 0.1) is 10.8 Å². The first kappa shape index (κ1) is 21.7. The summed E-state index contributed by atoms with van der Waals surface area (Å²) < 4.78 is 6.23. The van der Waals surface area contributed by atoms with Gasteiger partial charge in [-0.25, -0.2) is 0 Å². The van der Waals surface area contributed by atoms with E-state index in [1.165, 1.54) is 19.1 Å². The lowest BCUT2D eigenvalue weighted by molar-refractivity contribution is 0.000448. The Hall–Kier alpha value is -1.29. The van der Waals surface area contributed by atoms with Crippen molar-refractivity contribution in [1.82, 2.24) is 0 Å². The Balaban J connectivity index is 0.00000108. The normalized spacial score (nSPS) is 11.5. The molecule has 0 radical (unpaired) electrons. The summed E-state index contributed by atoms with van der Waals surface area (Å²) in [5, 5.41) is 7.51. The standard InChI is InChI=1S/C15H25BN2O.C4H10/c1-14(2,3)15(4,5)19-16(6)12-8-7-9-13(18)11(12)10-17;1-3-4-2/h7-10,17H,18H2,1-6H3;3-4H2,1-2H3. The van der Waals surface area contributed by atoms with E-state index >= 15 is 0 Å². The molecule has 0 heterocycles. The van der Waals surface area contributed by atoms with Crippen LogP contribution in [-0.4, -0.2) is 18.7 Å². The second-order valence-electron chi connectivity index (χ2n) is 7.51. The van der Waals surface area contributed by atoms with Gasteiger partial charge in [-0.05, 0) is 30.8 Å². The molecule has 3 N–H and O–H groups in total. The van der Waals surface area contributed by atoms with Crippen LogP contribution in [0.25, 0.3) is 0 Å². The number of nitrogens with one attached hydrogen (secondary N) is 1. The van der Waals surface area contributed by atoms with E-state index in [4.69, 9.17) is 15.8 Å². The van der Waals surface area contributed by atoms with Crippen molar-refractivity contribution in [3.63, 3.8) is 0 Å². The van der Waals surface area contributed by atoms with Crippen molar-refractivity contribution in [2.45, 2.75) is 73.7 Å². The van der Waals surface area contributed by atoms with Crippen molar-refractivity contribution < 1.29 is 4.65 Å². The van der Waals surface area contributed by atoms with E-state index in [-0.39, 0.29) is 17.9 Å². The third-order valence-electron chi connectivity index (χ3n) is 4.53. The molecule has 23 heavy (non-hydrogen) atoms. The van der Waals surface area contributed by atoms with Crippen LogP contribution in [0.3, 0.4) is 0 Å². The van der Waals surface area contributed by atoms with Gasteiger partial charge < -0.3 is 15.8 Å². The molecule has 4 heteroatoms. The topological polar surface area (TPSA) is 59.1 Å². The van der Waals surface area contributed by atoms with E-state index in [1.54, 1.807) is 0 Å². The monoisotopic (exact) mass is 318 g/mol. The molecule has 1 rings (SSSR count). The van der Waals surface area contributed by atoms with Gasteiger partial charge in [-0.2, -0.15) is 0 Å². The Morgan fingerprint density at radius 3 is 2.04 bits per heavy atom. The largest absolute Gasteiger partial charge is 0.426 e. The molecule has 0 atom stereocenters. The van der Waals surface area contributed by atoms with Gasteiger partial charge in [-0.3, -0.25) is 0 Å². The zero-order chi connectivity index (χ0) is 18.3. The average molecular weight is 318 g/mol. The minimum atomic E-state index is -0.268. The molecule has 0 aromatic heterocycles. The smallest absolute Gasteiger partial charge is 0.324 e. The highest BCUT2D eigenvalue weighted by Crippen LogP contribution is 2.33. The van der Waals surface area contributed by atoms with Crippen molar-refractivity contribution >= 4 is 24.3 Å². The van der Waals surface area contributed by atoms with Gasteiger partial charge in [-0.15, -0.1) is 0 Å². The van der Waals surface area contributed by atoms with E-state index in [0.29, 0.717) is 5.69 Å². The number of hydrogen-bond acceptors (Lipinski definition) is 3. The fourth-order valence-electron chi connectivity index (χ4n) is 1.81. The van der Waals surface area contributed by atoms with Crippen LogP contribution in [0.1, 0.15) is 66.9 Å². The number of rotatable bonds is 5. The summed E-state index contributed by atoms with van der Waals surface area (Å²) in [5.41, 5.74) is 8.02. The Kier molecular flexibility index (Phi) is 8.61. The predicted octanol–water partition coefficient (Wildman–Crippen LogP) is 4.74. The van der Waals surface area contributed by atoms with E-state index in [2.05, 4.69) is 48.5 Å². The summed E-state index contributed by atoms with van der Waals surface area (Å²) in [6.07, 6.45) is 3.94. The fourth-order valence-corrected chi connectivity index (χ4v) is 1.81. The lowest BCUT2D eigenvalue weighted by Gasteiger charge is -2.41. The van der Waals surface area contributed by atoms with Crippen LogP contribution in [0.4, 0.5) is 5.69 Å². The average Bonchev–Trinajstić information content (AvgIpc) is 2.45. The molecular weight excluding hydrogens is 283 g/mol. The Labute approximate surface area is 143 Å². The zero-order valence-electron chi connectivity index (χ0n) is 16.3. The third kappa shape index (κ3) is 6.38. The highest BCUT2D eigenvalue weighted by atomic mass is 16.5. The lowest BCUT2D eigenvalue weighted by atomic mass is 9.60. The van der Waals surface area contributed by atoms with Crippen molar-refractivity contribution in [2.75, 3.05) is 5.73 Å². The van der Waals surface area contributed by atoms with Crippen molar-refractivity contribution in [1.29, 1.82) is 5.41 Å². The van der Waals surface area contributed by atoms with Crippen LogP contribution in [0.15, 0.2) is 18.2 Å². The molecule has 0 unspecified atom stereocenters. The molecule has 0 amide bonds. The maximum atomic E-state index is 7.51. The lowest BCUT2D eigenvalue weighted by Crippen LogP contribution is -2.47. The first-order valence-electron chi connectivity index (χ1n) is 8.58. The second kappa shape index (κ2) is 9.12. The molecule has 0 fully saturated rings. The minimum absolute atomic E-state index is 0.0342. The summed E-state index contributed by atoms with van der Waals surface area (Å²) >= 11 is 0. The van der Waals surface area contributed by atoms with Crippen LogP contribution in [0.5, 0.6) is 0 Å². The fraction of sp³-hybridized carbons (Fsp3) is 0.632. The maximum Gasteiger partial charge on any atom is 0.324 e. The first-order valence-corrected chi connectivity index (χ1v) is 8.58. The van der Waals surface area contributed by atoms with E-state index in [1.807, 2.05) is 25.0 Å². The highest BCUT2D eigenvalue weighted by Gasteiger charge is 2.36. The minimum Gasteiger partial charge on any atom is -0.426 e. The SMILES string of the molecule is CB(OC(C)(C)C(C)(C)C)c1cccc(N)c1C=N.CCCC. The van der Waals surface area contributed by atoms with Crippen molar-refractivity contribution in [3.8, 4) is 0 Å². The number of anilines is 1. The summed E-state index contributed by atoms with van der Waals surface area (Å²) in [6.45, 7) is 17.0. The third-order valence-corrected chi connectivity index (χ3v) is 4.53. The van der Waals surface area contributed by atoms with E-state index in [0.717, 1.165) is 11.0 Å². The Morgan fingerprint density at radius 2 is 1.65 bits per heavy atom. The molecule has 130 valence electrons. The van der Waals surface area contributed by atoms with Gasteiger partial charge in [0, 0.05) is 17.5 Å². The molecule has 0 saturated carbocycles. The molecule has 1 aromatic rings. The van der Waals surface area contributed by atoms with Gasteiger partial charge in [0.15, 0.2) is 0 Å². The summed E-state index contributed by atoms with van der Waals surface area (Å²) in [5.74, 6) is 0. The molecule has 1 aromatic carbocycles. The Bertz CT molecular complexity index is 491. The molecular formula is C19H35BN2O. The van der Waals surface area contributed by atoms with Gasteiger partial charge in [0.1, 0.15) is 0 Å². The molecule has 0 spiro atoms. The number of benzene rings is 1. The summed E-state index contributed by atoms with van der Waals surface area (Å²) in [6, 6.07) is 5.69. The van der Waals surface area contributed by atoms with Crippen molar-refractivity contribution in [2.24, 2.45) is 5.41 Å². The van der Waals surface area contributed by atoms with E-state index in [9.17, 15) is 0 Å². The molecule has 0 aliphatic carbocycles. The summed E-state index contributed by atoms with van der Waals surface area (Å²) in [7, 11) is 0. The number of nitrogens with two attached hydrogens (primary N) is 1. The van der Waals surface area contributed by atoms with Crippen LogP contribution < -0.4 is 11.2 Å². The van der Waals surface area contributed by atoms with Gasteiger partial charge >= 0.3 is 6.92 Å². The van der Waals surface area contributed by atoms with Gasteiger partial charge in [0.05, 0.1) is 5.60 Å². The highest BCUT2D eigenvalue weighted by molar-refractivity contribution is 6.67. The van der Waals surface area contributed by atoms with Crippen LogP contribution in [-0.2, 0) is 4.65 Å². The van der Waals surface area contributed by atoms with Crippen LogP contribution >= 0.6 is 0 Å². The van der Waals surface area contributed by atoms with Gasteiger partial charge in [0.25, 0.3) is 0 Å². The number of nitrogen functional groups attached to an aromatic ring is 1. The van der Waals surface area contributed by atoms with Gasteiger partial charge in [0.2, 0.25) is 0 Å². The quantitative estimate of drug-likeness (QED) is 0.468. The molecule has 3 nitrogen and oxygen atoms in total. The number of unbranched alkanes of at least 4 members (excludes halogenated alkanes) is 1. The molecule has 0 bridgehead atoms. The number of hydrogen-bond donors (Lipinski definition) is 2. The van der Waals surface area contributed by atoms with E-state index < -0.39 is 0 Å². The Morgan fingerprint density at radius 1 is 1.13 bits per heavy atom. The molecule has 0 saturated heterocycles. The zero-order valence-corrected chi connectivity index (χ0v) is 16.3. The summed E-state index contributed by atoms with van der Waals surface area (Å²) in [4.78, 5) is 0. The predicted molar refractivity (Wildman–Crippen MR) is 105 cm³/mol. The second-order valence-corrected chi connectivity index (χ2v) is 7.51. The first-order chi connectivity index (χ1) is 10.5. The molecule has 0 aliphatic rings. The molecule has 0 aliphatic heterocycles. The van der Waals surface area contributed by atoms with Crippen LogP contribution in [0.2, 0.25) is 6.82 Å². The maximum absolute atomic E-state index is 7.51. The van der Waals surface area contributed by atoms with Crippen molar-refractivity contribution in [3.05, 3.63) is 23.8 Å².